The summed E-state index contributed by atoms with van der Waals surface area (Å²) in [5, 5.41) is 0. The Hall–Kier alpha value is -1.01. The predicted octanol–water partition coefficient (Wildman–Crippen LogP) is 0.986. The van der Waals surface area contributed by atoms with Gasteiger partial charge < -0.3 is 10.6 Å². The average Bonchev–Trinajstić information content (AvgIpc) is 2.16. The molecule has 1 aliphatic rings. The molecule has 1 fully saturated rings. The molecule has 0 radical (unpaired) electrons. The quantitative estimate of drug-likeness (QED) is 0.688. The van der Waals surface area contributed by atoms with E-state index in [1.54, 1.807) is 11.9 Å². The van der Waals surface area contributed by atoms with E-state index in [2.05, 4.69) is 12.8 Å². The number of nitrogens with zero attached hydrogens (tertiary/aromatic N) is 1. The number of likely N-dealkylation sites (N-methyl/N-ethyl adjacent to an activating group) is 1. The monoisotopic (exact) mass is 208 g/mol. The Morgan fingerprint density at radius 3 is 2.93 bits per heavy atom. The van der Waals surface area contributed by atoms with E-state index in [4.69, 9.17) is 12.2 Å². The molecule has 1 amide bonds. The SMILES string of the molecule is C#CCN(C)C(=O)C1(N)CCCC(C)C1. The molecule has 0 bridgehead atoms. The highest BCUT2D eigenvalue weighted by atomic mass is 16.2. The molecule has 0 aliphatic heterocycles. The summed E-state index contributed by atoms with van der Waals surface area (Å²) in [6, 6.07) is 0. The number of hydrogen-bond acceptors (Lipinski definition) is 2. The summed E-state index contributed by atoms with van der Waals surface area (Å²) in [5.74, 6) is 2.99. The van der Waals surface area contributed by atoms with E-state index in [0.717, 1.165) is 19.3 Å². The minimum Gasteiger partial charge on any atom is -0.333 e. The van der Waals surface area contributed by atoms with Crippen molar-refractivity contribution >= 4 is 5.91 Å². The van der Waals surface area contributed by atoms with Crippen LogP contribution in [0.4, 0.5) is 0 Å². The first kappa shape index (κ1) is 12.1. The molecule has 3 heteroatoms. The van der Waals surface area contributed by atoms with Crippen molar-refractivity contribution in [3.8, 4) is 12.3 Å². The third kappa shape index (κ3) is 2.73. The highest BCUT2D eigenvalue weighted by Crippen LogP contribution is 2.31. The van der Waals surface area contributed by atoms with Crippen LogP contribution in [0.25, 0.3) is 0 Å². The summed E-state index contributed by atoms with van der Waals surface area (Å²) in [7, 11) is 1.72. The van der Waals surface area contributed by atoms with Crippen molar-refractivity contribution in [2.24, 2.45) is 11.7 Å². The molecule has 15 heavy (non-hydrogen) atoms. The van der Waals surface area contributed by atoms with E-state index in [1.807, 2.05) is 0 Å². The lowest BCUT2D eigenvalue weighted by Crippen LogP contribution is -2.56. The molecule has 0 aromatic rings. The maximum Gasteiger partial charge on any atom is 0.243 e. The Balaban J connectivity index is 2.68. The fraction of sp³-hybridized carbons (Fsp3) is 0.750. The van der Waals surface area contributed by atoms with E-state index in [0.29, 0.717) is 12.5 Å². The number of carbonyl (C=O) groups is 1. The molecule has 1 rings (SSSR count). The lowest BCUT2D eigenvalue weighted by Gasteiger charge is -2.37. The molecule has 1 aliphatic carbocycles. The molecule has 0 aromatic heterocycles. The third-order valence-electron chi connectivity index (χ3n) is 3.13. The summed E-state index contributed by atoms with van der Waals surface area (Å²) in [6.07, 6.45) is 8.95. The van der Waals surface area contributed by atoms with Crippen LogP contribution in [-0.4, -0.2) is 29.9 Å². The number of nitrogens with two attached hydrogens (primary N) is 1. The minimum atomic E-state index is -0.677. The van der Waals surface area contributed by atoms with Gasteiger partial charge in [-0.1, -0.05) is 25.7 Å². The molecule has 1 saturated carbocycles. The highest BCUT2D eigenvalue weighted by Gasteiger charge is 2.39. The maximum atomic E-state index is 12.1. The van der Waals surface area contributed by atoms with Gasteiger partial charge in [0.1, 0.15) is 0 Å². The summed E-state index contributed by atoms with van der Waals surface area (Å²) in [4.78, 5) is 13.6. The van der Waals surface area contributed by atoms with Gasteiger partial charge in [-0.3, -0.25) is 4.79 Å². The van der Waals surface area contributed by atoms with Gasteiger partial charge in [0.25, 0.3) is 0 Å². The van der Waals surface area contributed by atoms with Gasteiger partial charge in [-0.05, 0) is 18.8 Å². The number of rotatable bonds is 2. The predicted molar refractivity (Wildman–Crippen MR) is 61.0 cm³/mol. The second-order valence-corrected chi connectivity index (χ2v) is 4.72. The Labute approximate surface area is 92.0 Å². The standard InChI is InChI=1S/C12H20N2O/c1-4-8-14(3)11(15)12(13)7-5-6-10(2)9-12/h1,10H,5-9,13H2,2-3H3. The van der Waals surface area contributed by atoms with E-state index in [1.165, 1.54) is 6.42 Å². The molecule has 0 saturated heterocycles. The lowest BCUT2D eigenvalue weighted by atomic mass is 9.76. The van der Waals surface area contributed by atoms with Gasteiger partial charge in [0.15, 0.2) is 0 Å². The van der Waals surface area contributed by atoms with Gasteiger partial charge in [0.2, 0.25) is 5.91 Å². The van der Waals surface area contributed by atoms with Crippen LogP contribution in [0.2, 0.25) is 0 Å². The Kier molecular flexibility index (Phi) is 3.76. The van der Waals surface area contributed by atoms with Crippen molar-refractivity contribution in [2.45, 2.75) is 38.1 Å². The molecule has 2 atom stereocenters. The van der Waals surface area contributed by atoms with Crippen LogP contribution in [0, 0.1) is 18.3 Å². The van der Waals surface area contributed by atoms with E-state index >= 15 is 0 Å². The summed E-state index contributed by atoms with van der Waals surface area (Å²) < 4.78 is 0. The smallest absolute Gasteiger partial charge is 0.243 e. The zero-order valence-electron chi connectivity index (χ0n) is 9.62. The van der Waals surface area contributed by atoms with Gasteiger partial charge in [-0.2, -0.15) is 0 Å². The Morgan fingerprint density at radius 1 is 1.73 bits per heavy atom. The third-order valence-corrected chi connectivity index (χ3v) is 3.13. The number of carbonyl (C=O) groups excluding carboxylic acids is 1. The van der Waals surface area contributed by atoms with Crippen molar-refractivity contribution in [3.63, 3.8) is 0 Å². The molecule has 2 N–H and O–H groups in total. The molecule has 2 unspecified atom stereocenters. The van der Waals surface area contributed by atoms with Crippen LogP contribution < -0.4 is 5.73 Å². The summed E-state index contributed by atoms with van der Waals surface area (Å²) in [5.41, 5.74) is 5.49. The fourth-order valence-electron chi connectivity index (χ4n) is 2.38. The average molecular weight is 208 g/mol. The number of amides is 1. The fourth-order valence-corrected chi connectivity index (χ4v) is 2.38. The summed E-state index contributed by atoms with van der Waals surface area (Å²) in [6.45, 7) is 2.49. The Morgan fingerprint density at radius 2 is 2.40 bits per heavy atom. The topological polar surface area (TPSA) is 46.3 Å². The second kappa shape index (κ2) is 4.67. The summed E-state index contributed by atoms with van der Waals surface area (Å²) >= 11 is 0. The molecule has 0 aromatic carbocycles. The van der Waals surface area contributed by atoms with E-state index in [-0.39, 0.29) is 5.91 Å². The second-order valence-electron chi connectivity index (χ2n) is 4.72. The first-order valence-corrected chi connectivity index (χ1v) is 5.47. The minimum absolute atomic E-state index is 0.00741. The van der Waals surface area contributed by atoms with Crippen LogP contribution in [0.5, 0.6) is 0 Å². The van der Waals surface area contributed by atoms with Gasteiger partial charge >= 0.3 is 0 Å². The zero-order valence-corrected chi connectivity index (χ0v) is 9.62. The van der Waals surface area contributed by atoms with Gasteiger partial charge in [0, 0.05) is 7.05 Å². The van der Waals surface area contributed by atoms with Crippen molar-refractivity contribution in [2.75, 3.05) is 13.6 Å². The largest absolute Gasteiger partial charge is 0.333 e. The molecule has 0 spiro atoms. The Bertz CT molecular complexity index is 282. The first-order chi connectivity index (χ1) is 6.99. The highest BCUT2D eigenvalue weighted by molar-refractivity contribution is 5.86. The number of terminal acetylenes is 1. The van der Waals surface area contributed by atoms with Crippen LogP contribution in [0.1, 0.15) is 32.6 Å². The van der Waals surface area contributed by atoms with Gasteiger partial charge in [-0.15, -0.1) is 6.42 Å². The molecular weight excluding hydrogens is 188 g/mol. The molecular formula is C12H20N2O. The lowest BCUT2D eigenvalue weighted by molar-refractivity contribution is -0.136. The molecule has 84 valence electrons. The van der Waals surface area contributed by atoms with Crippen LogP contribution in [-0.2, 0) is 4.79 Å². The van der Waals surface area contributed by atoms with Crippen LogP contribution in [0.15, 0.2) is 0 Å². The van der Waals surface area contributed by atoms with Crippen molar-refractivity contribution in [3.05, 3.63) is 0 Å². The van der Waals surface area contributed by atoms with Crippen LogP contribution >= 0.6 is 0 Å². The van der Waals surface area contributed by atoms with Gasteiger partial charge in [0.05, 0.1) is 12.1 Å². The molecule has 3 nitrogen and oxygen atoms in total. The van der Waals surface area contributed by atoms with Crippen molar-refractivity contribution in [1.82, 2.24) is 4.90 Å². The van der Waals surface area contributed by atoms with E-state index < -0.39 is 5.54 Å². The van der Waals surface area contributed by atoms with Crippen LogP contribution in [0.3, 0.4) is 0 Å². The van der Waals surface area contributed by atoms with Crippen molar-refractivity contribution < 1.29 is 4.79 Å². The maximum absolute atomic E-state index is 12.1. The van der Waals surface area contributed by atoms with E-state index in [9.17, 15) is 4.79 Å². The number of hydrogen-bond donors (Lipinski definition) is 1. The first-order valence-electron chi connectivity index (χ1n) is 5.47. The zero-order chi connectivity index (χ0) is 11.5. The molecule has 0 heterocycles. The normalized spacial score (nSPS) is 30.7. The van der Waals surface area contributed by atoms with Gasteiger partial charge in [-0.25, -0.2) is 0 Å². The van der Waals surface area contributed by atoms with Crippen molar-refractivity contribution in [1.29, 1.82) is 0 Å².